The minimum absolute atomic E-state index is 0.563. The molecule has 2 aromatic heterocycles. The van der Waals surface area contributed by atoms with Crippen molar-refractivity contribution in [3.05, 3.63) is 48.9 Å². The van der Waals surface area contributed by atoms with E-state index in [2.05, 4.69) is 26.8 Å². The molecule has 3 aromatic rings. The van der Waals surface area contributed by atoms with E-state index < -0.39 is 0 Å². The minimum atomic E-state index is 0.563. The molecule has 0 bridgehead atoms. The van der Waals surface area contributed by atoms with Crippen molar-refractivity contribution in [1.29, 1.82) is 0 Å². The van der Waals surface area contributed by atoms with Gasteiger partial charge in [-0.3, -0.25) is 0 Å². The van der Waals surface area contributed by atoms with E-state index in [-0.39, 0.29) is 0 Å². The number of nitrogens with one attached hydrogen (secondary N) is 2. The summed E-state index contributed by atoms with van der Waals surface area (Å²) in [6.07, 6.45) is 1.50. The fourth-order valence-corrected chi connectivity index (χ4v) is 1.87. The largest absolute Gasteiger partial charge is 0.497 e. The Morgan fingerprint density at radius 3 is 2.36 bits per heavy atom. The normalized spacial score (nSPS) is 9.28. The average molecular weight is 342 g/mol. The zero-order valence-corrected chi connectivity index (χ0v) is 15.1. The van der Waals surface area contributed by atoms with E-state index in [1.54, 1.807) is 20.1 Å². The second-order valence-corrected chi connectivity index (χ2v) is 4.91. The number of hydrogen-bond acceptors (Lipinski definition) is 6. The summed E-state index contributed by atoms with van der Waals surface area (Å²) in [6.45, 7) is 9.08. The molecule has 0 fully saturated rings. The molecule has 7 nitrogen and oxygen atoms in total. The summed E-state index contributed by atoms with van der Waals surface area (Å²) < 4.78 is 5.12. The molecule has 0 aliphatic rings. The summed E-state index contributed by atoms with van der Waals surface area (Å²) in [7, 11) is 1.64. The lowest BCUT2D eigenvalue weighted by molar-refractivity contribution is 0.415. The van der Waals surface area contributed by atoms with Crippen molar-refractivity contribution >= 4 is 28.4 Å². The van der Waals surface area contributed by atoms with Crippen molar-refractivity contribution in [2.45, 2.75) is 20.8 Å². The molecule has 0 saturated heterocycles. The third kappa shape index (κ3) is 6.06. The maximum absolute atomic E-state index is 5.72. The van der Waals surface area contributed by atoms with Crippen molar-refractivity contribution in [3.8, 4) is 5.75 Å². The van der Waals surface area contributed by atoms with Gasteiger partial charge in [0.1, 0.15) is 23.4 Å². The Morgan fingerprint density at radius 2 is 1.80 bits per heavy atom. The number of nitrogens with zero attached hydrogens (tertiary/aromatic N) is 2. The lowest BCUT2D eigenvalue weighted by Crippen LogP contribution is -1.95. The molecule has 1 aromatic carbocycles. The molecule has 3 rings (SSSR count). The van der Waals surface area contributed by atoms with Crippen LogP contribution in [0.3, 0.4) is 0 Å². The van der Waals surface area contributed by atoms with Crippen LogP contribution in [0.15, 0.2) is 48.9 Å². The number of nitrogens with two attached hydrogens (primary N) is 2. The number of nitrogen functional groups attached to an aromatic ring is 1. The predicted molar refractivity (Wildman–Crippen MR) is 105 cm³/mol. The Bertz CT molecular complexity index is 791. The second-order valence-electron chi connectivity index (χ2n) is 4.91. The molecule has 0 spiro atoms. The van der Waals surface area contributed by atoms with Crippen LogP contribution in [0.1, 0.15) is 20.8 Å². The Kier molecular flexibility index (Phi) is 7.78. The first kappa shape index (κ1) is 19.8. The van der Waals surface area contributed by atoms with Crippen LogP contribution in [0.5, 0.6) is 5.75 Å². The predicted octanol–water partition coefficient (Wildman–Crippen LogP) is 3.80. The van der Waals surface area contributed by atoms with Crippen LogP contribution < -0.4 is 21.5 Å². The van der Waals surface area contributed by atoms with Crippen LogP contribution in [0.25, 0.3) is 11.0 Å². The van der Waals surface area contributed by atoms with Crippen LogP contribution in [-0.2, 0) is 0 Å². The van der Waals surface area contributed by atoms with Gasteiger partial charge in [-0.05, 0) is 36.9 Å². The highest BCUT2D eigenvalue weighted by atomic mass is 16.5. The maximum atomic E-state index is 5.72. The molecule has 134 valence electrons. The van der Waals surface area contributed by atoms with E-state index in [0.29, 0.717) is 17.3 Å². The molecule has 6 N–H and O–H groups in total. The number of hydrogen-bond donors (Lipinski definition) is 4. The second kappa shape index (κ2) is 9.82. The fraction of sp³-hybridized carbons (Fsp3) is 0.222. The molecule has 0 amide bonds. The number of methoxy groups -OCH3 is 1. The highest BCUT2D eigenvalue weighted by molar-refractivity contribution is 5.90. The molecule has 0 aliphatic heterocycles. The fourth-order valence-electron chi connectivity index (χ4n) is 1.87. The van der Waals surface area contributed by atoms with Crippen LogP contribution in [0.4, 0.5) is 17.3 Å². The van der Waals surface area contributed by atoms with Gasteiger partial charge >= 0.3 is 0 Å². The number of ether oxygens (including phenoxy) is 1. The molecule has 25 heavy (non-hydrogen) atoms. The Balaban J connectivity index is 0.000000461. The van der Waals surface area contributed by atoms with E-state index in [1.807, 2.05) is 38.1 Å². The Hall–Kier alpha value is -3.22. The first-order valence-corrected chi connectivity index (χ1v) is 7.91. The third-order valence-electron chi connectivity index (χ3n) is 2.79. The molecular formula is C18H26N6O. The van der Waals surface area contributed by atoms with Crippen molar-refractivity contribution in [2.24, 2.45) is 5.73 Å². The first-order valence-electron chi connectivity index (χ1n) is 7.91. The van der Waals surface area contributed by atoms with Crippen LogP contribution in [0.2, 0.25) is 0 Å². The summed E-state index contributed by atoms with van der Waals surface area (Å²) >= 11 is 0. The highest BCUT2D eigenvalue weighted by Gasteiger charge is 2.06. The van der Waals surface area contributed by atoms with Gasteiger partial charge in [0.2, 0.25) is 0 Å². The Labute approximate surface area is 148 Å². The number of aromatic amines is 1. The van der Waals surface area contributed by atoms with Gasteiger partial charge < -0.3 is 26.5 Å². The summed E-state index contributed by atoms with van der Waals surface area (Å²) in [5, 5.41) is 3.22. The highest BCUT2D eigenvalue weighted by Crippen LogP contribution is 2.24. The first-order chi connectivity index (χ1) is 12.0. The molecule has 2 heterocycles. The number of benzene rings is 1. The number of anilines is 3. The minimum Gasteiger partial charge on any atom is -0.497 e. The van der Waals surface area contributed by atoms with Gasteiger partial charge in [-0.25, -0.2) is 9.97 Å². The van der Waals surface area contributed by atoms with Gasteiger partial charge in [0.15, 0.2) is 5.82 Å². The summed E-state index contributed by atoms with van der Waals surface area (Å²) in [6, 6.07) is 9.36. The average Bonchev–Trinajstić information content (AvgIpc) is 2.98. The van der Waals surface area contributed by atoms with Crippen LogP contribution >= 0.6 is 0 Å². The van der Waals surface area contributed by atoms with Gasteiger partial charge in [-0.2, -0.15) is 0 Å². The molecule has 0 saturated carbocycles. The number of H-pyrrole nitrogens is 1. The van der Waals surface area contributed by atoms with E-state index in [1.165, 1.54) is 6.33 Å². The molecule has 7 heteroatoms. The van der Waals surface area contributed by atoms with Crippen molar-refractivity contribution in [1.82, 2.24) is 15.0 Å². The standard InChI is InChI=1S/C13H13N5O.C3H7N.C2H6/c1-19-9-4-2-8(3-5-9)17-13-12-10(15-7-16-13)6-11(14)18-12;1-3(2)4;1-2/h2-7,18H,14H2,1H3,(H,15,16,17);1,4H2,2H3;1-2H3. The van der Waals surface area contributed by atoms with Gasteiger partial charge in [-0.1, -0.05) is 20.4 Å². The molecule has 0 aliphatic carbocycles. The molecule has 0 radical (unpaired) electrons. The quantitative estimate of drug-likeness (QED) is 0.575. The van der Waals surface area contributed by atoms with E-state index in [9.17, 15) is 0 Å². The number of rotatable bonds is 3. The summed E-state index contributed by atoms with van der Waals surface area (Å²) in [4.78, 5) is 11.4. The molecular weight excluding hydrogens is 316 g/mol. The van der Waals surface area contributed by atoms with Crippen molar-refractivity contribution < 1.29 is 4.74 Å². The van der Waals surface area contributed by atoms with Gasteiger partial charge in [-0.15, -0.1) is 0 Å². The smallest absolute Gasteiger partial charge is 0.158 e. The zero-order valence-electron chi connectivity index (χ0n) is 15.1. The van der Waals surface area contributed by atoms with E-state index in [0.717, 1.165) is 22.5 Å². The van der Waals surface area contributed by atoms with Gasteiger partial charge in [0.05, 0.1) is 12.6 Å². The van der Waals surface area contributed by atoms with E-state index in [4.69, 9.17) is 16.2 Å². The van der Waals surface area contributed by atoms with Gasteiger partial charge in [0, 0.05) is 11.8 Å². The lowest BCUT2D eigenvalue weighted by Gasteiger charge is -2.07. The van der Waals surface area contributed by atoms with Crippen LogP contribution in [-0.4, -0.2) is 22.1 Å². The molecule has 0 unspecified atom stereocenters. The number of fused-ring (bicyclic) bond motifs is 1. The summed E-state index contributed by atoms with van der Waals surface area (Å²) in [5.41, 5.74) is 13.8. The monoisotopic (exact) mass is 342 g/mol. The lowest BCUT2D eigenvalue weighted by atomic mass is 10.3. The number of aromatic nitrogens is 3. The zero-order chi connectivity index (χ0) is 18.8. The van der Waals surface area contributed by atoms with Crippen molar-refractivity contribution in [2.75, 3.05) is 18.2 Å². The molecule has 0 atom stereocenters. The third-order valence-corrected chi connectivity index (χ3v) is 2.79. The van der Waals surface area contributed by atoms with Gasteiger partial charge in [0.25, 0.3) is 0 Å². The number of allylic oxidation sites excluding steroid dienone is 1. The Morgan fingerprint density at radius 1 is 1.20 bits per heavy atom. The summed E-state index contributed by atoms with van der Waals surface area (Å²) in [5.74, 6) is 2.06. The maximum Gasteiger partial charge on any atom is 0.158 e. The topological polar surface area (TPSA) is 115 Å². The van der Waals surface area contributed by atoms with E-state index >= 15 is 0 Å². The SMILES string of the molecule is C=C(C)N.CC.COc1ccc(Nc2ncnc3cc(N)[nH]c23)cc1. The van der Waals surface area contributed by atoms with Crippen molar-refractivity contribution in [3.63, 3.8) is 0 Å². The van der Waals surface area contributed by atoms with Crippen LogP contribution in [0, 0.1) is 0 Å².